The van der Waals surface area contributed by atoms with Crippen LogP contribution in [-0.2, 0) is 0 Å². The first kappa shape index (κ1) is 11.6. The monoisotopic (exact) mass is 267 g/mol. The Kier molecular flexibility index (Phi) is 3.17. The highest BCUT2D eigenvalue weighted by Crippen LogP contribution is 2.34. The molecular weight excluding hydrogens is 250 g/mol. The molecule has 2 aliphatic carbocycles. The molecule has 1 amide bonds. The fourth-order valence-corrected chi connectivity index (χ4v) is 3.17. The fourth-order valence-electron chi connectivity index (χ4n) is 2.06. The number of thiol groups is 1. The van der Waals surface area contributed by atoms with Crippen molar-refractivity contribution in [1.29, 1.82) is 0 Å². The lowest BCUT2D eigenvalue weighted by Crippen LogP contribution is -2.34. The van der Waals surface area contributed by atoms with E-state index in [0.29, 0.717) is 0 Å². The number of nitrogens with zero attached hydrogens (tertiary/aromatic N) is 1. The van der Waals surface area contributed by atoms with E-state index in [1.165, 1.54) is 37.0 Å². The maximum Gasteiger partial charge on any atom is 0.263 e. The Morgan fingerprint density at radius 1 is 1.29 bits per heavy atom. The van der Waals surface area contributed by atoms with Crippen molar-refractivity contribution in [1.82, 2.24) is 4.90 Å². The molecule has 0 aliphatic heterocycles. The molecule has 2 saturated carbocycles. The Labute approximate surface area is 111 Å². The number of carbonyl (C=O) groups excluding carboxylic acids is 1. The Morgan fingerprint density at radius 2 is 1.88 bits per heavy atom. The van der Waals surface area contributed by atoms with Gasteiger partial charge in [0, 0.05) is 23.4 Å². The van der Waals surface area contributed by atoms with E-state index in [4.69, 9.17) is 0 Å². The Morgan fingerprint density at radius 3 is 2.29 bits per heavy atom. The summed E-state index contributed by atoms with van der Waals surface area (Å²) in [5.41, 5.74) is 0. The molecular formula is C13H17NOS2. The number of rotatable bonds is 5. The van der Waals surface area contributed by atoms with Gasteiger partial charge in [-0.05, 0) is 43.6 Å². The van der Waals surface area contributed by atoms with Crippen molar-refractivity contribution in [3.05, 3.63) is 16.3 Å². The van der Waals surface area contributed by atoms with Gasteiger partial charge in [0.05, 0.1) is 4.88 Å². The molecule has 4 heteroatoms. The molecule has 3 rings (SSSR count). The van der Waals surface area contributed by atoms with Gasteiger partial charge in [-0.1, -0.05) is 0 Å². The lowest BCUT2D eigenvalue weighted by Gasteiger charge is -2.21. The van der Waals surface area contributed by atoms with E-state index in [9.17, 15) is 4.79 Å². The molecule has 2 nitrogen and oxygen atoms in total. The summed E-state index contributed by atoms with van der Waals surface area (Å²) < 4.78 is 0. The second-order valence-electron chi connectivity index (χ2n) is 5.27. The summed E-state index contributed by atoms with van der Waals surface area (Å²) in [4.78, 5) is 16.2. The highest BCUT2D eigenvalue weighted by atomic mass is 32.1. The van der Waals surface area contributed by atoms with Gasteiger partial charge < -0.3 is 4.90 Å². The standard InChI is InChI=1S/C13H17NOS2/c15-13(12-5-11(16)8-17-12)14(6-9-1-2-9)7-10-3-4-10/h5,8-10,16H,1-4,6-7H2. The van der Waals surface area contributed by atoms with E-state index in [-0.39, 0.29) is 5.91 Å². The van der Waals surface area contributed by atoms with Gasteiger partial charge in [0.25, 0.3) is 5.91 Å². The molecule has 0 N–H and O–H groups in total. The van der Waals surface area contributed by atoms with Crippen LogP contribution in [-0.4, -0.2) is 23.9 Å². The van der Waals surface area contributed by atoms with Crippen LogP contribution in [0.15, 0.2) is 16.3 Å². The fraction of sp³-hybridized carbons (Fsp3) is 0.615. The van der Waals surface area contributed by atoms with Crippen LogP contribution in [0.25, 0.3) is 0 Å². The summed E-state index contributed by atoms with van der Waals surface area (Å²) in [5, 5.41) is 1.93. The van der Waals surface area contributed by atoms with Gasteiger partial charge in [-0.15, -0.1) is 24.0 Å². The van der Waals surface area contributed by atoms with E-state index in [2.05, 4.69) is 17.5 Å². The predicted molar refractivity (Wildman–Crippen MR) is 72.9 cm³/mol. The van der Waals surface area contributed by atoms with Crippen molar-refractivity contribution >= 4 is 29.9 Å². The number of carbonyl (C=O) groups is 1. The summed E-state index contributed by atoms with van der Waals surface area (Å²) in [6, 6.07) is 1.89. The van der Waals surface area contributed by atoms with Crippen LogP contribution in [0.3, 0.4) is 0 Å². The number of thiophene rings is 1. The quantitative estimate of drug-likeness (QED) is 0.812. The third-order valence-corrected chi connectivity index (χ3v) is 4.79. The first-order chi connectivity index (χ1) is 8.22. The zero-order valence-corrected chi connectivity index (χ0v) is 11.5. The topological polar surface area (TPSA) is 20.3 Å². The molecule has 17 heavy (non-hydrogen) atoms. The average Bonchev–Trinajstić information content (AvgIpc) is 3.21. The lowest BCUT2D eigenvalue weighted by atomic mass is 10.3. The van der Waals surface area contributed by atoms with Crippen LogP contribution in [0.1, 0.15) is 35.4 Å². The van der Waals surface area contributed by atoms with Crippen molar-refractivity contribution in [3.8, 4) is 0 Å². The molecule has 0 radical (unpaired) electrons. The molecule has 1 aromatic rings. The molecule has 2 fully saturated rings. The van der Waals surface area contributed by atoms with Gasteiger partial charge in [-0.25, -0.2) is 0 Å². The zero-order chi connectivity index (χ0) is 11.8. The highest BCUT2D eigenvalue weighted by Gasteiger charge is 2.32. The van der Waals surface area contributed by atoms with Crippen LogP contribution in [0.2, 0.25) is 0 Å². The largest absolute Gasteiger partial charge is 0.337 e. The Balaban J connectivity index is 1.69. The van der Waals surface area contributed by atoms with Gasteiger partial charge in [-0.2, -0.15) is 0 Å². The summed E-state index contributed by atoms with van der Waals surface area (Å²) in [5.74, 6) is 1.76. The number of hydrogen-bond acceptors (Lipinski definition) is 3. The molecule has 1 heterocycles. The predicted octanol–water partition coefficient (Wildman–Crippen LogP) is 3.30. The maximum atomic E-state index is 12.4. The highest BCUT2D eigenvalue weighted by molar-refractivity contribution is 7.80. The molecule has 2 aliphatic rings. The van der Waals surface area contributed by atoms with Gasteiger partial charge in [0.2, 0.25) is 0 Å². The Hall–Kier alpha value is -0.480. The lowest BCUT2D eigenvalue weighted by molar-refractivity contribution is 0.0744. The second-order valence-corrected chi connectivity index (χ2v) is 6.69. The minimum Gasteiger partial charge on any atom is -0.337 e. The molecule has 92 valence electrons. The average molecular weight is 267 g/mol. The SMILES string of the molecule is O=C(c1cc(S)cs1)N(CC1CC1)CC1CC1. The summed E-state index contributed by atoms with van der Waals surface area (Å²) in [6.07, 6.45) is 5.21. The molecule has 0 atom stereocenters. The summed E-state index contributed by atoms with van der Waals surface area (Å²) in [7, 11) is 0. The zero-order valence-electron chi connectivity index (χ0n) is 9.76. The van der Waals surface area contributed by atoms with Gasteiger partial charge in [-0.3, -0.25) is 4.79 Å². The normalized spacial score (nSPS) is 19.4. The van der Waals surface area contributed by atoms with Crippen LogP contribution in [0.5, 0.6) is 0 Å². The van der Waals surface area contributed by atoms with Gasteiger partial charge in [0.15, 0.2) is 0 Å². The van der Waals surface area contributed by atoms with E-state index >= 15 is 0 Å². The minimum atomic E-state index is 0.217. The third kappa shape index (κ3) is 3.05. The molecule has 0 unspecified atom stereocenters. The number of amides is 1. The van der Waals surface area contributed by atoms with Crippen LogP contribution in [0.4, 0.5) is 0 Å². The van der Waals surface area contributed by atoms with Crippen molar-refractivity contribution in [2.75, 3.05) is 13.1 Å². The van der Waals surface area contributed by atoms with E-state index in [1.807, 2.05) is 11.4 Å². The van der Waals surface area contributed by atoms with Crippen molar-refractivity contribution in [3.63, 3.8) is 0 Å². The van der Waals surface area contributed by atoms with Crippen LogP contribution in [0, 0.1) is 11.8 Å². The first-order valence-electron chi connectivity index (χ1n) is 6.29. The molecule has 0 bridgehead atoms. The van der Waals surface area contributed by atoms with E-state index in [0.717, 1.165) is 34.7 Å². The minimum absolute atomic E-state index is 0.217. The first-order valence-corrected chi connectivity index (χ1v) is 7.62. The smallest absolute Gasteiger partial charge is 0.263 e. The summed E-state index contributed by atoms with van der Waals surface area (Å²) >= 11 is 5.79. The van der Waals surface area contributed by atoms with Crippen molar-refractivity contribution in [2.24, 2.45) is 11.8 Å². The van der Waals surface area contributed by atoms with Gasteiger partial charge in [0.1, 0.15) is 0 Å². The van der Waals surface area contributed by atoms with Crippen molar-refractivity contribution < 1.29 is 4.79 Å². The molecule has 0 spiro atoms. The maximum absolute atomic E-state index is 12.4. The van der Waals surface area contributed by atoms with Gasteiger partial charge >= 0.3 is 0 Å². The van der Waals surface area contributed by atoms with Crippen molar-refractivity contribution in [2.45, 2.75) is 30.6 Å². The van der Waals surface area contributed by atoms with Crippen LogP contribution >= 0.6 is 24.0 Å². The van der Waals surface area contributed by atoms with E-state index in [1.54, 1.807) is 0 Å². The third-order valence-electron chi connectivity index (χ3n) is 3.43. The molecule has 0 saturated heterocycles. The Bertz CT molecular complexity index is 407. The van der Waals surface area contributed by atoms with E-state index < -0.39 is 0 Å². The van der Waals surface area contributed by atoms with Crippen LogP contribution < -0.4 is 0 Å². The number of hydrogen-bond donors (Lipinski definition) is 1. The molecule has 1 aromatic heterocycles. The summed E-state index contributed by atoms with van der Waals surface area (Å²) in [6.45, 7) is 1.93. The molecule has 0 aromatic carbocycles. The second kappa shape index (κ2) is 4.65.